The summed E-state index contributed by atoms with van der Waals surface area (Å²) in [4.78, 5) is 12.4. The lowest BCUT2D eigenvalue weighted by atomic mass is 9.97. The molecule has 1 rings (SSSR count). The number of carbonyl (C=O) groups excluding carboxylic acids is 1. The summed E-state index contributed by atoms with van der Waals surface area (Å²) in [6.45, 7) is 8.06. The van der Waals surface area contributed by atoms with E-state index in [0.29, 0.717) is 17.9 Å². The van der Waals surface area contributed by atoms with Gasteiger partial charge in [0, 0.05) is 0 Å². The number of esters is 1. The van der Waals surface area contributed by atoms with Gasteiger partial charge < -0.3 is 4.74 Å². The number of alkyl halides is 3. The summed E-state index contributed by atoms with van der Waals surface area (Å²) in [7, 11) is 0. The molecular formula is C31H49F3O2. The van der Waals surface area contributed by atoms with Crippen molar-refractivity contribution in [2.45, 2.75) is 136 Å². The van der Waals surface area contributed by atoms with Gasteiger partial charge in [0.05, 0.1) is 5.92 Å². The zero-order chi connectivity index (χ0) is 26.8. The fourth-order valence-corrected chi connectivity index (χ4v) is 4.36. The van der Waals surface area contributed by atoms with Crippen LogP contribution in [-0.4, -0.2) is 12.1 Å². The molecule has 0 aliphatic carbocycles. The van der Waals surface area contributed by atoms with Crippen LogP contribution in [0.1, 0.15) is 135 Å². The largest absolute Gasteiger partial charge is 0.449 e. The van der Waals surface area contributed by atoms with Crippen LogP contribution >= 0.6 is 0 Å². The van der Waals surface area contributed by atoms with Gasteiger partial charge in [0.15, 0.2) is 0 Å². The Kier molecular flexibility index (Phi) is 16.5. The number of ether oxygens (including phenoxy) is 1. The van der Waals surface area contributed by atoms with Crippen LogP contribution < -0.4 is 0 Å². The first-order valence-electron chi connectivity index (χ1n) is 14.2. The van der Waals surface area contributed by atoms with Crippen molar-refractivity contribution in [3.8, 4) is 0 Å². The molecule has 0 saturated carbocycles. The SMILES string of the molecule is CCCCCCCCCCCCCCC/C=C(/OC(=O)C(C)c1ccc(CC(C)C)cc1)C(F)(F)F. The van der Waals surface area contributed by atoms with E-state index in [1.165, 1.54) is 57.8 Å². The Labute approximate surface area is 218 Å². The van der Waals surface area contributed by atoms with E-state index in [4.69, 9.17) is 4.74 Å². The molecule has 0 spiro atoms. The fraction of sp³-hybridized carbons (Fsp3) is 0.710. The fourth-order valence-electron chi connectivity index (χ4n) is 4.36. The van der Waals surface area contributed by atoms with Crippen molar-refractivity contribution in [2.24, 2.45) is 5.92 Å². The van der Waals surface area contributed by atoms with Gasteiger partial charge in [-0.05, 0) is 49.3 Å². The van der Waals surface area contributed by atoms with Crippen molar-refractivity contribution < 1.29 is 22.7 Å². The van der Waals surface area contributed by atoms with Crippen molar-refractivity contribution in [1.82, 2.24) is 0 Å². The molecule has 2 nitrogen and oxygen atoms in total. The summed E-state index contributed by atoms with van der Waals surface area (Å²) in [6, 6.07) is 7.45. The molecule has 1 aromatic carbocycles. The second-order valence-electron chi connectivity index (χ2n) is 10.6. The van der Waals surface area contributed by atoms with Gasteiger partial charge in [-0.15, -0.1) is 0 Å². The number of rotatable bonds is 19. The minimum absolute atomic E-state index is 0.262. The summed E-state index contributed by atoms with van der Waals surface area (Å²) < 4.78 is 45.2. The van der Waals surface area contributed by atoms with Crippen LogP contribution in [0.3, 0.4) is 0 Å². The third-order valence-electron chi connectivity index (χ3n) is 6.60. The van der Waals surface area contributed by atoms with Crippen molar-refractivity contribution in [3.63, 3.8) is 0 Å². The molecular weight excluding hydrogens is 461 g/mol. The maximum Gasteiger partial charge on any atom is 0.449 e. The molecule has 1 aromatic rings. The summed E-state index contributed by atoms with van der Waals surface area (Å²) in [5, 5.41) is 0. The molecule has 0 radical (unpaired) electrons. The van der Waals surface area contributed by atoms with Gasteiger partial charge in [0.2, 0.25) is 5.76 Å². The van der Waals surface area contributed by atoms with Crippen molar-refractivity contribution >= 4 is 5.97 Å². The van der Waals surface area contributed by atoms with Crippen LogP contribution in [0.5, 0.6) is 0 Å². The Hall–Kier alpha value is -1.78. The summed E-state index contributed by atoms with van der Waals surface area (Å²) >= 11 is 0. The summed E-state index contributed by atoms with van der Waals surface area (Å²) in [6.07, 6.45) is 13.0. The highest BCUT2D eigenvalue weighted by atomic mass is 19.4. The monoisotopic (exact) mass is 510 g/mol. The topological polar surface area (TPSA) is 26.3 Å². The van der Waals surface area contributed by atoms with E-state index >= 15 is 0 Å². The minimum Gasteiger partial charge on any atom is -0.421 e. The first kappa shape index (κ1) is 32.2. The van der Waals surface area contributed by atoms with Gasteiger partial charge in [0.25, 0.3) is 0 Å². The zero-order valence-corrected chi connectivity index (χ0v) is 23.1. The van der Waals surface area contributed by atoms with Gasteiger partial charge in [-0.25, -0.2) is 0 Å². The van der Waals surface area contributed by atoms with Crippen molar-refractivity contribution in [3.05, 3.63) is 47.2 Å². The molecule has 0 heterocycles. The smallest absolute Gasteiger partial charge is 0.421 e. The van der Waals surface area contributed by atoms with E-state index in [1.54, 1.807) is 19.1 Å². The average molecular weight is 511 g/mol. The number of hydrogen-bond donors (Lipinski definition) is 0. The number of unbranched alkanes of at least 4 members (excludes halogenated alkanes) is 13. The lowest BCUT2D eigenvalue weighted by molar-refractivity contribution is -0.161. The molecule has 206 valence electrons. The van der Waals surface area contributed by atoms with Crippen LogP contribution in [0.2, 0.25) is 0 Å². The molecule has 0 saturated heterocycles. The molecule has 0 bridgehead atoms. The summed E-state index contributed by atoms with van der Waals surface area (Å²) in [5.41, 5.74) is 1.80. The quantitative estimate of drug-likeness (QED) is 0.105. The van der Waals surface area contributed by atoms with Crippen LogP contribution in [0.25, 0.3) is 0 Å². The lowest BCUT2D eigenvalue weighted by Gasteiger charge is -2.16. The molecule has 0 amide bonds. The van der Waals surface area contributed by atoms with Gasteiger partial charge in [-0.1, -0.05) is 122 Å². The Morgan fingerprint density at radius 3 is 1.72 bits per heavy atom. The molecule has 0 aliphatic heterocycles. The first-order valence-corrected chi connectivity index (χ1v) is 14.2. The molecule has 1 atom stereocenters. The third kappa shape index (κ3) is 14.7. The predicted molar refractivity (Wildman–Crippen MR) is 144 cm³/mol. The van der Waals surface area contributed by atoms with Crippen molar-refractivity contribution in [2.75, 3.05) is 0 Å². The van der Waals surface area contributed by atoms with Crippen LogP contribution in [0.4, 0.5) is 13.2 Å². The van der Waals surface area contributed by atoms with E-state index in [-0.39, 0.29) is 6.42 Å². The Morgan fingerprint density at radius 1 is 0.806 bits per heavy atom. The van der Waals surface area contributed by atoms with E-state index in [1.807, 2.05) is 12.1 Å². The maximum atomic E-state index is 13.4. The zero-order valence-electron chi connectivity index (χ0n) is 23.1. The highest BCUT2D eigenvalue weighted by Gasteiger charge is 2.38. The summed E-state index contributed by atoms with van der Waals surface area (Å²) in [5.74, 6) is -2.32. The third-order valence-corrected chi connectivity index (χ3v) is 6.60. The molecule has 0 fully saturated rings. The van der Waals surface area contributed by atoms with E-state index in [9.17, 15) is 18.0 Å². The molecule has 0 N–H and O–H groups in total. The minimum atomic E-state index is -4.67. The van der Waals surface area contributed by atoms with Gasteiger partial charge >= 0.3 is 12.1 Å². The average Bonchev–Trinajstić information content (AvgIpc) is 2.82. The Bertz CT molecular complexity index is 735. The Morgan fingerprint density at radius 2 is 1.28 bits per heavy atom. The molecule has 36 heavy (non-hydrogen) atoms. The number of carbonyl (C=O) groups is 1. The lowest BCUT2D eigenvalue weighted by Crippen LogP contribution is -2.21. The highest BCUT2D eigenvalue weighted by molar-refractivity contribution is 5.78. The highest BCUT2D eigenvalue weighted by Crippen LogP contribution is 2.30. The van der Waals surface area contributed by atoms with E-state index < -0.39 is 23.8 Å². The number of allylic oxidation sites excluding steroid dienone is 2. The second-order valence-corrected chi connectivity index (χ2v) is 10.6. The van der Waals surface area contributed by atoms with Crippen LogP contribution in [0.15, 0.2) is 36.1 Å². The van der Waals surface area contributed by atoms with Crippen LogP contribution in [-0.2, 0) is 16.0 Å². The second kappa shape index (κ2) is 18.5. The van der Waals surface area contributed by atoms with Gasteiger partial charge in [-0.2, -0.15) is 13.2 Å². The molecule has 5 heteroatoms. The van der Waals surface area contributed by atoms with E-state index in [0.717, 1.165) is 37.3 Å². The number of benzene rings is 1. The van der Waals surface area contributed by atoms with Gasteiger partial charge in [0.1, 0.15) is 0 Å². The molecule has 1 unspecified atom stereocenters. The van der Waals surface area contributed by atoms with Crippen LogP contribution in [0, 0.1) is 5.92 Å². The predicted octanol–water partition coefficient (Wildman–Crippen LogP) is 10.5. The molecule has 0 aromatic heterocycles. The number of hydrogen-bond acceptors (Lipinski definition) is 2. The normalized spacial score (nSPS) is 13.3. The van der Waals surface area contributed by atoms with E-state index in [2.05, 4.69) is 20.8 Å². The molecule has 0 aliphatic rings. The Balaban J connectivity index is 2.34. The maximum absolute atomic E-state index is 13.4. The first-order chi connectivity index (χ1) is 17.1. The standard InChI is InChI=1S/C31H49F3O2/c1-5-6-7-8-9-10-11-12-13-14-15-16-17-18-19-29(31(32,33)34)36-30(35)26(4)28-22-20-27(21-23-28)24-25(2)3/h19-23,25-26H,5-18,24H2,1-4H3/b29-19+. The van der Waals surface area contributed by atoms with Crippen molar-refractivity contribution in [1.29, 1.82) is 0 Å². The number of halogens is 3. The van der Waals surface area contributed by atoms with Gasteiger partial charge in [-0.3, -0.25) is 4.79 Å².